The second kappa shape index (κ2) is 6.08. The number of anilines is 1. The van der Waals surface area contributed by atoms with Crippen molar-refractivity contribution in [2.75, 3.05) is 37.7 Å². The van der Waals surface area contributed by atoms with Crippen LogP contribution in [0.15, 0.2) is 12.4 Å². The van der Waals surface area contributed by atoms with Gasteiger partial charge in [-0.3, -0.25) is 9.48 Å². The lowest BCUT2D eigenvalue weighted by molar-refractivity contribution is -0.120. The molecule has 1 aromatic rings. The van der Waals surface area contributed by atoms with Gasteiger partial charge in [0.05, 0.1) is 37.2 Å². The molecule has 24 heavy (non-hydrogen) atoms. The van der Waals surface area contributed by atoms with Crippen LogP contribution in [0.1, 0.15) is 19.3 Å². The predicted octanol–water partition coefficient (Wildman–Crippen LogP) is 0.442. The first kappa shape index (κ1) is 15.4. The number of fused-ring (bicyclic) bond motifs is 1. The van der Waals surface area contributed by atoms with Crippen LogP contribution in [-0.2, 0) is 16.6 Å². The van der Waals surface area contributed by atoms with Crippen molar-refractivity contribution in [3.63, 3.8) is 0 Å². The second-order valence-electron chi connectivity index (χ2n) is 6.67. The molecule has 4 rings (SSSR count). The van der Waals surface area contributed by atoms with Gasteiger partial charge >= 0.3 is 6.03 Å². The molecule has 8 nitrogen and oxygen atoms in total. The summed E-state index contributed by atoms with van der Waals surface area (Å²) in [6.45, 7) is 3.22. The molecule has 4 heterocycles. The van der Waals surface area contributed by atoms with Crippen molar-refractivity contribution in [3.8, 4) is 0 Å². The molecule has 2 atom stereocenters. The number of piperidine rings is 1. The lowest BCUT2D eigenvalue weighted by Gasteiger charge is -2.40. The van der Waals surface area contributed by atoms with Gasteiger partial charge in [0.15, 0.2) is 0 Å². The van der Waals surface area contributed by atoms with Crippen LogP contribution in [0.3, 0.4) is 0 Å². The van der Waals surface area contributed by atoms with E-state index in [9.17, 15) is 9.59 Å². The van der Waals surface area contributed by atoms with Gasteiger partial charge in [-0.2, -0.15) is 5.10 Å². The van der Waals surface area contributed by atoms with E-state index in [2.05, 4.69) is 5.10 Å². The van der Waals surface area contributed by atoms with Crippen LogP contribution in [0.25, 0.3) is 0 Å². The Bertz CT molecular complexity index is 639. The minimum Gasteiger partial charge on any atom is -0.378 e. The van der Waals surface area contributed by atoms with Gasteiger partial charge in [0.1, 0.15) is 0 Å². The molecule has 130 valence electrons. The maximum atomic E-state index is 12.9. The topological polar surface area (TPSA) is 70.9 Å². The summed E-state index contributed by atoms with van der Waals surface area (Å²) in [5.74, 6) is 0.130. The highest BCUT2D eigenvalue weighted by Gasteiger charge is 2.46. The Morgan fingerprint density at radius 1 is 1.21 bits per heavy atom. The molecule has 1 aromatic heterocycles. The SMILES string of the molecule is Cn1cc(N2C(=O)CC[C@@H]3[C@H]2CCN3C(=O)N2CCOCC2)cn1. The van der Waals surface area contributed by atoms with Crippen LogP contribution < -0.4 is 4.90 Å². The Balaban J connectivity index is 1.54. The predicted molar refractivity (Wildman–Crippen MR) is 86.6 cm³/mol. The van der Waals surface area contributed by atoms with Gasteiger partial charge in [-0.15, -0.1) is 0 Å². The fourth-order valence-electron chi connectivity index (χ4n) is 4.11. The number of likely N-dealkylation sites (tertiary alicyclic amines) is 1. The fourth-order valence-corrected chi connectivity index (χ4v) is 4.11. The molecule has 3 aliphatic rings. The van der Waals surface area contributed by atoms with E-state index in [0.29, 0.717) is 39.3 Å². The number of urea groups is 1. The molecule has 0 radical (unpaired) electrons. The number of morpholine rings is 1. The summed E-state index contributed by atoms with van der Waals surface area (Å²) in [7, 11) is 1.85. The van der Waals surface area contributed by atoms with Crippen molar-refractivity contribution < 1.29 is 14.3 Å². The van der Waals surface area contributed by atoms with Crippen LogP contribution >= 0.6 is 0 Å². The van der Waals surface area contributed by atoms with Crippen molar-refractivity contribution in [3.05, 3.63) is 12.4 Å². The van der Waals surface area contributed by atoms with Crippen LogP contribution in [0, 0.1) is 0 Å². The molecule has 0 aliphatic carbocycles. The van der Waals surface area contributed by atoms with Crippen molar-refractivity contribution in [1.82, 2.24) is 19.6 Å². The number of hydrogen-bond donors (Lipinski definition) is 0. The van der Waals surface area contributed by atoms with Crippen LogP contribution in [-0.4, -0.2) is 76.5 Å². The quantitative estimate of drug-likeness (QED) is 0.748. The van der Waals surface area contributed by atoms with Crippen molar-refractivity contribution >= 4 is 17.6 Å². The lowest BCUT2D eigenvalue weighted by Crippen LogP contribution is -2.56. The maximum Gasteiger partial charge on any atom is 0.320 e. The smallest absolute Gasteiger partial charge is 0.320 e. The zero-order chi connectivity index (χ0) is 16.7. The minimum absolute atomic E-state index is 0.0560. The number of amides is 3. The summed E-state index contributed by atoms with van der Waals surface area (Å²) < 4.78 is 7.04. The molecule has 3 amide bonds. The number of aromatic nitrogens is 2. The molecule has 3 aliphatic heterocycles. The van der Waals surface area contributed by atoms with E-state index < -0.39 is 0 Å². The van der Waals surface area contributed by atoms with E-state index in [1.807, 2.05) is 27.9 Å². The number of aryl methyl sites for hydroxylation is 1. The van der Waals surface area contributed by atoms with Gasteiger partial charge in [0.2, 0.25) is 5.91 Å². The van der Waals surface area contributed by atoms with Crippen molar-refractivity contribution in [1.29, 1.82) is 0 Å². The van der Waals surface area contributed by atoms with Gasteiger partial charge in [-0.1, -0.05) is 0 Å². The van der Waals surface area contributed by atoms with Crippen LogP contribution in [0.4, 0.5) is 10.5 Å². The van der Waals surface area contributed by atoms with Crippen molar-refractivity contribution in [2.45, 2.75) is 31.3 Å². The van der Waals surface area contributed by atoms with Gasteiger partial charge in [0.25, 0.3) is 0 Å². The van der Waals surface area contributed by atoms with Crippen molar-refractivity contribution in [2.24, 2.45) is 7.05 Å². The summed E-state index contributed by atoms with van der Waals surface area (Å²) in [6, 6.07) is 0.241. The number of rotatable bonds is 1. The molecule has 8 heteroatoms. The minimum atomic E-state index is 0.0560. The third-order valence-corrected chi connectivity index (χ3v) is 5.26. The molecular weight excluding hydrogens is 310 g/mol. The maximum absolute atomic E-state index is 12.9. The molecule has 0 unspecified atom stereocenters. The first-order valence-electron chi connectivity index (χ1n) is 8.59. The Morgan fingerprint density at radius 3 is 2.71 bits per heavy atom. The highest BCUT2D eigenvalue weighted by atomic mass is 16.5. The molecule has 0 saturated carbocycles. The molecule has 0 N–H and O–H groups in total. The number of nitrogens with zero attached hydrogens (tertiary/aromatic N) is 5. The van der Waals surface area contributed by atoms with Gasteiger partial charge in [-0.05, 0) is 12.8 Å². The highest BCUT2D eigenvalue weighted by Crippen LogP contribution is 2.35. The lowest BCUT2D eigenvalue weighted by atomic mass is 9.96. The standard InChI is InChI=1S/C16H23N5O3/c1-18-11-12(10-17-18)21-14-4-5-20(13(14)2-3-15(21)22)16(23)19-6-8-24-9-7-19/h10-11,13-14H,2-9H2,1H3/t13-,14-/m1/s1. The molecule has 0 aromatic carbocycles. The van der Waals surface area contributed by atoms with Gasteiger partial charge in [0, 0.05) is 39.3 Å². The van der Waals surface area contributed by atoms with E-state index in [1.54, 1.807) is 10.9 Å². The summed E-state index contributed by atoms with van der Waals surface area (Å²) in [5.41, 5.74) is 0.831. The van der Waals surface area contributed by atoms with E-state index in [1.165, 1.54) is 0 Å². The molecule has 0 spiro atoms. The van der Waals surface area contributed by atoms with E-state index in [0.717, 1.165) is 18.5 Å². The molecule has 3 fully saturated rings. The summed E-state index contributed by atoms with van der Waals surface area (Å²) in [5, 5.41) is 4.19. The second-order valence-corrected chi connectivity index (χ2v) is 6.67. The fraction of sp³-hybridized carbons (Fsp3) is 0.688. The first-order valence-corrected chi connectivity index (χ1v) is 8.59. The Labute approximate surface area is 140 Å². The molecular formula is C16H23N5O3. The average Bonchev–Trinajstić information content (AvgIpc) is 3.21. The Hall–Kier alpha value is -2.09. The summed E-state index contributed by atoms with van der Waals surface area (Å²) in [6.07, 6.45) is 5.64. The molecule has 0 bridgehead atoms. The Kier molecular flexibility index (Phi) is 3.91. The average molecular weight is 333 g/mol. The van der Waals surface area contributed by atoms with Gasteiger partial charge < -0.3 is 19.4 Å². The largest absolute Gasteiger partial charge is 0.378 e. The van der Waals surface area contributed by atoms with E-state index in [4.69, 9.17) is 4.74 Å². The number of carbonyl (C=O) groups excluding carboxylic acids is 2. The van der Waals surface area contributed by atoms with Gasteiger partial charge in [-0.25, -0.2) is 4.79 Å². The molecule has 3 saturated heterocycles. The third-order valence-electron chi connectivity index (χ3n) is 5.26. The third kappa shape index (κ3) is 2.54. The monoisotopic (exact) mass is 333 g/mol. The van der Waals surface area contributed by atoms with Crippen LogP contribution in [0.5, 0.6) is 0 Å². The Morgan fingerprint density at radius 2 is 2.00 bits per heavy atom. The van der Waals surface area contributed by atoms with E-state index in [-0.39, 0.29) is 24.0 Å². The summed E-state index contributed by atoms with van der Waals surface area (Å²) in [4.78, 5) is 31.0. The highest BCUT2D eigenvalue weighted by molar-refractivity contribution is 5.95. The first-order chi connectivity index (χ1) is 11.6. The normalized spacial score (nSPS) is 27.5. The number of carbonyl (C=O) groups is 2. The zero-order valence-corrected chi connectivity index (χ0v) is 13.9. The van der Waals surface area contributed by atoms with Crippen LogP contribution in [0.2, 0.25) is 0 Å². The number of hydrogen-bond acceptors (Lipinski definition) is 4. The van der Waals surface area contributed by atoms with E-state index >= 15 is 0 Å². The summed E-state index contributed by atoms with van der Waals surface area (Å²) >= 11 is 0. The number of ether oxygens (including phenoxy) is 1. The zero-order valence-electron chi connectivity index (χ0n) is 13.9.